The Morgan fingerprint density at radius 1 is 1.19 bits per heavy atom. The molecule has 8 heteroatoms. The van der Waals surface area contributed by atoms with E-state index in [0.29, 0.717) is 37.2 Å². The number of carbonyl (C=O) groups is 2. The Kier molecular flexibility index (Phi) is 5.11. The molecule has 2 amide bonds. The summed E-state index contributed by atoms with van der Waals surface area (Å²) in [5.74, 6) is -0.699. The minimum Gasteiger partial charge on any atom is -0.371 e. The number of halogens is 1. The molecule has 1 aliphatic heterocycles. The van der Waals surface area contributed by atoms with Crippen LogP contribution >= 0.6 is 0 Å². The molecule has 0 spiro atoms. The molecule has 1 saturated heterocycles. The summed E-state index contributed by atoms with van der Waals surface area (Å²) in [6, 6.07) is 7.62. The number of hydrogen-bond donors (Lipinski definition) is 2. The van der Waals surface area contributed by atoms with Crippen LogP contribution < -0.4 is 10.6 Å². The van der Waals surface area contributed by atoms with Crippen LogP contribution in [0, 0.1) is 5.82 Å². The highest BCUT2D eigenvalue weighted by molar-refractivity contribution is 5.94. The highest BCUT2D eigenvalue weighted by Crippen LogP contribution is 2.28. The lowest BCUT2D eigenvalue weighted by Crippen LogP contribution is -2.58. The first-order chi connectivity index (χ1) is 12.5. The molecule has 7 nitrogen and oxygen atoms in total. The van der Waals surface area contributed by atoms with Gasteiger partial charge in [-0.3, -0.25) is 9.59 Å². The standard InChI is InChI=1S/C18H20FN5O2/c1-20-17(26)18(23-15-4-2-3-14(19)11-15)6-9-24(10-7-18)16(25)13-5-8-21-22-12-13/h2-5,8,11-12,23H,6-7,9-10H2,1H3,(H,20,26). The van der Waals surface area contributed by atoms with E-state index in [1.807, 2.05) is 0 Å². The van der Waals surface area contributed by atoms with Gasteiger partial charge >= 0.3 is 0 Å². The molecule has 1 aliphatic rings. The Morgan fingerprint density at radius 3 is 2.58 bits per heavy atom. The van der Waals surface area contributed by atoms with E-state index >= 15 is 0 Å². The number of rotatable bonds is 4. The van der Waals surface area contributed by atoms with Crippen molar-refractivity contribution in [1.82, 2.24) is 20.4 Å². The van der Waals surface area contributed by atoms with Crippen LogP contribution in [0.5, 0.6) is 0 Å². The maximum Gasteiger partial charge on any atom is 0.255 e. The van der Waals surface area contributed by atoms with Crippen LogP contribution in [0.15, 0.2) is 42.7 Å². The first kappa shape index (κ1) is 17.8. The Hall–Kier alpha value is -3.03. The Bertz CT molecular complexity index is 791. The lowest BCUT2D eigenvalue weighted by atomic mass is 9.85. The number of likely N-dealkylation sites (tertiary alicyclic amines) is 1. The van der Waals surface area contributed by atoms with Crippen LogP contribution in [0.3, 0.4) is 0 Å². The first-order valence-electron chi connectivity index (χ1n) is 8.36. The molecule has 26 heavy (non-hydrogen) atoms. The van der Waals surface area contributed by atoms with Gasteiger partial charge in [0.25, 0.3) is 5.91 Å². The molecule has 1 fully saturated rings. The van der Waals surface area contributed by atoms with E-state index in [9.17, 15) is 14.0 Å². The highest BCUT2D eigenvalue weighted by Gasteiger charge is 2.42. The zero-order valence-electron chi connectivity index (χ0n) is 14.4. The number of carbonyl (C=O) groups excluding carboxylic acids is 2. The van der Waals surface area contributed by atoms with Crippen molar-refractivity contribution in [3.63, 3.8) is 0 Å². The molecule has 0 atom stereocenters. The number of aromatic nitrogens is 2. The molecule has 0 bridgehead atoms. The fourth-order valence-electron chi connectivity index (χ4n) is 3.18. The molecule has 0 unspecified atom stereocenters. The van der Waals surface area contributed by atoms with Gasteiger partial charge in [-0.25, -0.2) is 4.39 Å². The van der Waals surface area contributed by atoms with E-state index in [0.717, 1.165) is 0 Å². The molecule has 1 aromatic carbocycles. The Morgan fingerprint density at radius 2 is 1.96 bits per heavy atom. The van der Waals surface area contributed by atoms with Crippen molar-refractivity contribution in [2.45, 2.75) is 18.4 Å². The van der Waals surface area contributed by atoms with Crippen LogP contribution in [0.2, 0.25) is 0 Å². The third-order valence-electron chi connectivity index (χ3n) is 4.61. The summed E-state index contributed by atoms with van der Waals surface area (Å²) >= 11 is 0. The van der Waals surface area contributed by atoms with Crippen molar-refractivity contribution in [2.24, 2.45) is 0 Å². The second kappa shape index (κ2) is 7.47. The van der Waals surface area contributed by atoms with Crippen molar-refractivity contribution in [2.75, 3.05) is 25.5 Å². The predicted molar refractivity (Wildman–Crippen MR) is 94.0 cm³/mol. The lowest BCUT2D eigenvalue weighted by Gasteiger charge is -2.41. The molecule has 2 aromatic rings. The Labute approximate surface area is 150 Å². The van der Waals surface area contributed by atoms with Crippen molar-refractivity contribution in [3.05, 3.63) is 54.1 Å². The molecule has 2 heterocycles. The topological polar surface area (TPSA) is 87.2 Å². The summed E-state index contributed by atoms with van der Waals surface area (Å²) < 4.78 is 13.5. The quantitative estimate of drug-likeness (QED) is 0.865. The molecule has 3 rings (SSSR count). The molecule has 0 radical (unpaired) electrons. The van der Waals surface area contributed by atoms with Gasteiger partial charge in [0.2, 0.25) is 5.91 Å². The van der Waals surface area contributed by atoms with E-state index in [-0.39, 0.29) is 17.6 Å². The molecular formula is C18H20FN5O2. The number of nitrogens with zero attached hydrogens (tertiary/aromatic N) is 3. The van der Waals surface area contributed by atoms with Crippen molar-refractivity contribution in [3.8, 4) is 0 Å². The molecule has 0 aliphatic carbocycles. The van der Waals surface area contributed by atoms with Gasteiger partial charge in [-0.05, 0) is 37.1 Å². The van der Waals surface area contributed by atoms with Gasteiger partial charge in [-0.1, -0.05) is 6.07 Å². The smallest absolute Gasteiger partial charge is 0.255 e. The van der Waals surface area contributed by atoms with E-state index in [2.05, 4.69) is 20.8 Å². The van der Waals surface area contributed by atoms with Gasteiger partial charge in [0, 0.05) is 25.8 Å². The first-order valence-corrected chi connectivity index (χ1v) is 8.36. The number of nitrogens with one attached hydrogen (secondary N) is 2. The Balaban J connectivity index is 1.75. The summed E-state index contributed by atoms with van der Waals surface area (Å²) in [6.45, 7) is 0.799. The number of amides is 2. The van der Waals surface area contributed by atoms with Crippen molar-refractivity contribution >= 4 is 17.5 Å². The number of piperidine rings is 1. The van der Waals surface area contributed by atoms with Crippen LogP contribution in [-0.4, -0.2) is 52.6 Å². The number of hydrogen-bond acceptors (Lipinski definition) is 5. The molecule has 1 aromatic heterocycles. The zero-order chi connectivity index (χ0) is 18.6. The van der Waals surface area contributed by atoms with E-state index in [1.165, 1.54) is 24.5 Å². The molecule has 0 saturated carbocycles. The summed E-state index contributed by atoms with van der Waals surface area (Å²) in [7, 11) is 1.57. The molecular weight excluding hydrogens is 337 g/mol. The lowest BCUT2D eigenvalue weighted by molar-refractivity contribution is -0.126. The normalized spacial score (nSPS) is 16.0. The molecule has 136 valence electrons. The van der Waals surface area contributed by atoms with Gasteiger partial charge in [0.15, 0.2) is 0 Å². The summed E-state index contributed by atoms with van der Waals surface area (Å²) in [5, 5.41) is 13.2. The fraction of sp³-hybridized carbons (Fsp3) is 0.333. The van der Waals surface area contributed by atoms with Gasteiger partial charge in [0.05, 0.1) is 18.0 Å². The molecule has 2 N–H and O–H groups in total. The monoisotopic (exact) mass is 357 g/mol. The van der Waals surface area contributed by atoms with E-state index in [4.69, 9.17) is 0 Å². The third-order valence-corrected chi connectivity index (χ3v) is 4.61. The van der Waals surface area contributed by atoms with Crippen LogP contribution in [0.25, 0.3) is 0 Å². The maximum absolute atomic E-state index is 13.5. The zero-order valence-corrected chi connectivity index (χ0v) is 14.4. The number of anilines is 1. The minimum absolute atomic E-state index is 0.142. The number of benzene rings is 1. The summed E-state index contributed by atoms with van der Waals surface area (Å²) in [5.41, 5.74) is 0.104. The third kappa shape index (κ3) is 3.63. The van der Waals surface area contributed by atoms with E-state index < -0.39 is 5.54 Å². The minimum atomic E-state index is -0.893. The van der Waals surface area contributed by atoms with Gasteiger partial charge in [-0.2, -0.15) is 10.2 Å². The number of likely N-dealkylation sites (N-methyl/N-ethyl adjacent to an activating group) is 1. The van der Waals surface area contributed by atoms with E-state index in [1.54, 1.807) is 30.1 Å². The largest absolute Gasteiger partial charge is 0.371 e. The van der Waals surface area contributed by atoms with Gasteiger partial charge in [0.1, 0.15) is 11.4 Å². The predicted octanol–water partition coefficient (Wildman–Crippen LogP) is 1.45. The van der Waals surface area contributed by atoms with Crippen LogP contribution in [-0.2, 0) is 4.79 Å². The van der Waals surface area contributed by atoms with Gasteiger partial charge in [-0.15, -0.1) is 0 Å². The summed E-state index contributed by atoms with van der Waals surface area (Å²) in [4.78, 5) is 26.8. The van der Waals surface area contributed by atoms with Crippen molar-refractivity contribution < 1.29 is 14.0 Å². The highest BCUT2D eigenvalue weighted by atomic mass is 19.1. The SMILES string of the molecule is CNC(=O)C1(Nc2cccc(F)c2)CCN(C(=O)c2ccnnc2)CC1. The second-order valence-electron chi connectivity index (χ2n) is 6.22. The summed E-state index contributed by atoms with van der Waals surface area (Å²) in [6.07, 6.45) is 3.71. The maximum atomic E-state index is 13.5. The average molecular weight is 357 g/mol. The van der Waals surface area contributed by atoms with Crippen LogP contribution in [0.1, 0.15) is 23.2 Å². The van der Waals surface area contributed by atoms with Crippen molar-refractivity contribution in [1.29, 1.82) is 0 Å². The second-order valence-corrected chi connectivity index (χ2v) is 6.22. The van der Waals surface area contributed by atoms with Gasteiger partial charge < -0.3 is 15.5 Å². The average Bonchev–Trinajstić information content (AvgIpc) is 2.68. The van der Waals surface area contributed by atoms with Crippen LogP contribution in [0.4, 0.5) is 10.1 Å². The fourth-order valence-corrected chi connectivity index (χ4v) is 3.18.